The van der Waals surface area contributed by atoms with Crippen molar-refractivity contribution in [2.75, 3.05) is 19.6 Å². The Morgan fingerprint density at radius 3 is 2.38 bits per heavy atom. The summed E-state index contributed by atoms with van der Waals surface area (Å²) in [6.45, 7) is 8.93. The van der Waals surface area contributed by atoms with Crippen LogP contribution in [0.3, 0.4) is 0 Å². The number of carbonyl (C=O) groups is 1. The van der Waals surface area contributed by atoms with Crippen LogP contribution in [-0.2, 0) is 9.53 Å². The second-order valence-electron chi connectivity index (χ2n) is 7.71. The Balaban J connectivity index is 1.62. The predicted octanol–water partition coefficient (Wildman–Crippen LogP) is 0.885. The summed E-state index contributed by atoms with van der Waals surface area (Å²) in [6.07, 6.45) is 4.64. The van der Waals surface area contributed by atoms with Gasteiger partial charge in [-0.2, -0.15) is 0 Å². The Kier molecular flexibility index (Phi) is 4.26. The van der Waals surface area contributed by atoms with Gasteiger partial charge in [0.1, 0.15) is 11.6 Å². The molecule has 3 aliphatic heterocycles. The van der Waals surface area contributed by atoms with Crippen LogP contribution >= 0.6 is 0 Å². The van der Waals surface area contributed by atoms with Gasteiger partial charge >= 0.3 is 5.97 Å². The van der Waals surface area contributed by atoms with E-state index >= 15 is 0 Å². The van der Waals surface area contributed by atoms with Gasteiger partial charge in [-0.1, -0.05) is 0 Å². The number of carbonyl (C=O) groups excluding carboxylic acids is 1. The van der Waals surface area contributed by atoms with Crippen molar-refractivity contribution in [2.45, 2.75) is 76.2 Å². The second-order valence-corrected chi connectivity index (χ2v) is 7.71. The molecule has 21 heavy (non-hydrogen) atoms. The first-order valence-corrected chi connectivity index (χ1v) is 8.38. The number of ether oxygens (including phenoxy) is 1. The highest BCUT2D eigenvalue weighted by atomic mass is 16.6. The molecule has 3 heterocycles. The minimum Gasteiger partial charge on any atom is -0.459 e. The number of rotatable bonds is 2. The van der Waals surface area contributed by atoms with E-state index in [0.717, 1.165) is 32.5 Å². The Bertz CT molecular complexity index is 377. The molecule has 2 N–H and O–H groups in total. The molecule has 0 aliphatic carbocycles. The molecule has 0 unspecified atom stereocenters. The fourth-order valence-electron chi connectivity index (χ4n) is 4.13. The van der Waals surface area contributed by atoms with Crippen LogP contribution in [-0.4, -0.2) is 60.3 Å². The van der Waals surface area contributed by atoms with Crippen LogP contribution < -0.4 is 10.6 Å². The number of piperidine rings is 1. The molecule has 3 saturated heterocycles. The molecule has 0 saturated carbocycles. The summed E-state index contributed by atoms with van der Waals surface area (Å²) in [5, 5.41) is 6.88. The Labute approximate surface area is 127 Å². The molecule has 3 fully saturated rings. The van der Waals surface area contributed by atoms with Gasteiger partial charge in [-0.05, 0) is 53.0 Å². The van der Waals surface area contributed by atoms with Crippen LogP contribution in [0, 0.1) is 0 Å². The summed E-state index contributed by atoms with van der Waals surface area (Å²) in [5.74, 6) is -0.0883. The lowest BCUT2D eigenvalue weighted by atomic mass is 9.95. The maximum Gasteiger partial charge on any atom is 0.323 e. The lowest BCUT2D eigenvalue weighted by molar-refractivity contribution is -0.158. The number of nitrogens with zero attached hydrogens (tertiary/aromatic N) is 1. The second kappa shape index (κ2) is 5.86. The molecule has 0 aromatic carbocycles. The first-order chi connectivity index (χ1) is 9.94. The summed E-state index contributed by atoms with van der Waals surface area (Å²) in [5.41, 5.74) is -0.403. The quantitative estimate of drug-likeness (QED) is 0.741. The van der Waals surface area contributed by atoms with Gasteiger partial charge in [0.2, 0.25) is 0 Å². The molecule has 0 radical (unpaired) electrons. The third kappa shape index (κ3) is 3.41. The van der Waals surface area contributed by atoms with E-state index in [2.05, 4.69) is 15.5 Å². The van der Waals surface area contributed by atoms with Gasteiger partial charge in [0, 0.05) is 31.2 Å². The van der Waals surface area contributed by atoms with Crippen LogP contribution in [0.5, 0.6) is 0 Å². The highest BCUT2D eigenvalue weighted by Crippen LogP contribution is 2.32. The minimum atomic E-state index is -0.403. The van der Waals surface area contributed by atoms with Crippen molar-refractivity contribution < 1.29 is 9.53 Å². The third-order valence-electron chi connectivity index (χ3n) is 4.93. The number of fused-ring (bicyclic) bond motifs is 2. The normalized spacial score (nSPS) is 37.5. The zero-order valence-corrected chi connectivity index (χ0v) is 13.5. The van der Waals surface area contributed by atoms with Crippen molar-refractivity contribution in [3.05, 3.63) is 0 Å². The molecule has 4 atom stereocenters. The summed E-state index contributed by atoms with van der Waals surface area (Å²) in [6, 6.07) is 1.73. The van der Waals surface area contributed by atoms with E-state index in [9.17, 15) is 4.79 Å². The molecule has 0 amide bonds. The average molecular weight is 295 g/mol. The number of esters is 1. The molecule has 5 nitrogen and oxygen atoms in total. The summed E-state index contributed by atoms with van der Waals surface area (Å²) >= 11 is 0. The topological polar surface area (TPSA) is 53.6 Å². The van der Waals surface area contributed by atoms with E-state index in [4.69, 9.17) is 4.74 Å². The highest BCUT2D eigenvalue weighted by Gasteiger charge is 2.43. The molecule has 0 spiro atoms. The number of hydrogen-bond acceptors (Lipinski definition) is 5. The maximum absolute atomic E-state index is 12.3. The van der Waals surface area contributed by atoms with Gasteiger partial charge in [-0.25, -0.2) is 0 Å². The van der Waals surface area contributed by atoms with Gasteiger partial charge < -0.3 is 15.4 Å². The average Bonchev–Trinajstić information content (AvgIpc) is 2.67. The largest absolute Gasteiger partial charge is 0.459 e. The molecule has 5 heteroatoms. The lowest BCUT2D eigenvalue weighted by Gasteiger charge is -2.44. The van der Waals surface area contributed by atoms with Crippen LogP contribution in [0.4, 0.5) is 0 Å². The first-order valence-electron chi connectivity index (χ1n) is 8.38. The van der Waals surface area contributed by atoms with Crippen molar-refractivity contribution >= 4 is 5.97 Å². The Morgan fingerprint density at radius 1 is 1.10 bits per heavy atom. The smallest absolute Gasteiger partial charge is 0.323 e. The van der Waals surface area contributed by atoms with Gasteiger partial charge in [0.05, 0.1) is 0 Å². The SMILES string of the molecule is CC(C)(C)OC(=O)[C@@H]1C[C@H](N2[C@H]3CC[C@H]2CNC3)CCN1. The zero-order chi connectivity index (χ0) is 15.0. The summed E-state index contributed by atoms with van der Waals surface area (Å²) in [4.78, 5) is 15.0. The molecule has 0 aromatic heterocycles. The van der Waals surface area contributed by atoms with Gasteiger partial charge in [0.15, 0.2) is 0 Å². The zero-order valence-electron chi connectivity index (χ0n) is 13.5. The van der Waals surface area contributed by atoms with Gasteiger partial charge in [-0.3, -0.25) is 9.69 Å². The summed E-state index contributed by atoms with van der Waals surface area (Å²) < 4.78 is 5.55. The van der Waals surface area contributed by atoms with E-state index in [1.54, 1.807) is 0 Å². The van der Waals surface area contributed by atoms with E-state index in [1.807, 2.05) is 20.8 Å². The van der Waals surface area contributed by atoms with Crippen LogP contribution in [0.2, 0.25) is 0 Å². The molecule has 0 aromatic rings. The molecular formula is C16H29N3O2. The van der Waals surface area contributed by atoms with Crippen LogP contribution in [0.15, 0.2) is 0 Å². The molecule has 3 aliphatic rings. The number of hydrogen-bond donors (Lipinski definition) is 2. The minimum absolute atomic E-state index is 0.0883. The Hall–Kier alpha value is -0.650. The first kappa shape index (κ1) is 15.3. The van der Waals surface area contributed by atoms with Crippen molar-refractivity contribution in [2.24, 2.45) is 0 Å². The van der Waals surface area contributed by atoms with E-state index in [1.165, 1.54) is 12.8 Å². The highest BCUT2D eigenvalue weighted by molar-refractivity contribution is 5.76. The van der Waals surface area contributed by atoms with Gasteiger partial charge in [-0.15, -0.1) is 0 Å². The predicted molar refractivity (Wildman–Crippen MR) is 82.2 cm³/mol. The number of nitrogens with one attached hydrogen (secondary N) is 2. The van der Waals surface area contributed by atoms with Crippen molar-refractivity contribution in [1.29, 1.82) is 0 Å². The standard InChI is InChI=1S/C16H29N3O2/c1-16(2,3)21-15(20)14-8-11(6-7-18-14)19-12-4-5-13(19)10-17-9-12/h11-14,17-18H,4-10H2,1-3H3/t11-,12+,13+,14+/m1/s1. The Morgan fingerprint density at radius 2 is 1.76 bits per heavy atom. The fraction of sp³-hybridized carbons (Fsp3) is 0.938. The summed E-state index contributed by atoms with van der Waals surface area (Å²) in [7, 11) is 0. The monoisotopic (exact) mass is 295 g/mol. The van der Waals surface area contributed by atoms with E-state index in [-0.39, 0.29) is 12.0 Å². The maximum atomic E-state index is 12.3. The third-order valence-corrected chi connectivity index (χ3v) is 4.93. The van der Waals surface area contributed by atoms with Gasteiger partial charge in [0.25, 0.3) is 0 Å². The van der Waals surface area contributed by atoms with Crippen molar-refractivity contribution in [1.82, 2.24) is 15.5 Å². The van der Waals surface area contributed by atoms with Crippen molar-refractivity contribution in [3.63, 3.8) is 0 Å². The van der Waals surface area contributed by atoms with Crippen LogP contribution in [0.25, 0.3) is 0 Å². The fourth-order valence-corrected chi connectivity index (χ4v) is 4.13. The molecular weight excluding hydrogens is 266 g/mol. The van der Waals surface area contributed by atoms with E-state index < -0.39 is 5.60 Å². The van der Waals surface area contributed by atoms with Crippen LogP contribution in [0.1, 0.15) is 46.5 Å². The lowest BCUT2D eigenvalue weighted by Crippen LogP contribution is -2.60. The van der Waals surface area contributed by atoms with E-state index in [0.29, 0.717) is 18.1 Å². The molecule has 2 bridgehead atoms. The van der Waals surface area contributed by atoms with Crippen molar-refractivity contribution in [3.8, 4) is 0 Å². The molecule has 3 rings (SSSR count). The number of piperazine rings is 1. The molecule has 120 valence electrons.